The molecule has 1 heterocycles. The molecule has 0 saturated carbocycles. The Labute approximate surface area is 334 Å². The topological polar surface area (TPSA) is 25.3 Å². The molecule has 2 nitrogen and oxygen atoms in total. The smallest absolute Gasteiger partial charge is 0.493 e. The van der Waals surface area contributed by atoms with Gasteiger partial charge in [-0.05, 0) is 141 Å². The number of allylic oxidation sites excluding steroid dienone is 2. The summed E-state index contributed by atoms with van der Waals surface area (Å²) in [5, 5.41) is 0. The van der Waals surface area contributed by atoms with Gasteiger partial charge in [0.1, 0.15) is 0 Å². The minimum absolute atomic E-state index is 0. The Balaban J connectivity index is 0.00000502. The molecule has 0 aromatic heterocycles. The van der Waals surface area contributed by atoms with Crippen LogP contribution in [0.3, 0.4) is 0 Å². The predicted octanol–water partition coefficient (Wildman–Crippen LogP) is 15.8. The third-order valence-electron chi connectivity index (χ3n) is 10.3. The maximum atomic E-state index is 12.6. The molecule has 2 aromatic carbocycles. The number of rotatable bonds is 23. The van der Waals surface area contributed by atoms with Gasteiger partial charge in [-0.1, -0.05) is 107 Å². The van der Waals surface area contributed by atoms with Gasteiger partial charge in [0.05, 0.1) is 0 Å². The fraction of sp³-hybridized carbons (Fsp3) is 0.633. The third kappa shape index (κ3) is 14.0. The van der Waals surface area contributed by atoms with Gasteiger partial charge in [0.15, 0.2) is 0 Å². The van der Waals surface area contributed by atoms with Crippen molar-refractivity contribution in [3.05, 3.63) is 99.3 Å². The van der Waals surface area contributed by atoms with Crippen molar-refractivity contribution in [2.45, 2.75) is 204 Å². The second kappa shape index (κ2) is 29.4. The second-order valence-corrected chi connectivity index (χ2v) is 14.3. The van der Waals surface area contributed by atoms with Crippen LogP contribution in [-0.4, -0.2) is 4.70 Å². The van der Waals surface area contributed by atoms with Crippen molar-refractivity contribution in [3.63, 3.8) is 0 Å². The van der Waals surface area contributed by atoms with Crippen LogP contribution in [-0.2, 0) is 55.0 Å². The quantitative estimate of drug-likeness (QED) is 0.0613. The summed E-state index contributed by atoms with van der Waals surface area (Å²) in [6.45, 7) is 28.5. The van der Waals surface area contributed by atoms with E-state index in [1.807, 2.05) is 0 Å². The zero-order chi connectivity index (χ0) is 38.2. The van der Waals surface area contributed by atoms with Crippen LogP contribution in [0.2, 0.25) is 0 Å². The fourth-order valence-corrected chi connectivity index (χ4v) is 7.77. The molecule has 0 spiro atoms. The van der Waals surface area contributed by atoms with Crippen molar-refractivity contribution in [1.29, 1.82) is 0 Å². The van der Waals surface area contributed by atoms with Crippen LogP contribution in [0.4, 0.5) is 0 Å². The first kappa shape index (κ1) is 50.0. The maximum Gasteiger partial charge on any atom is 2.00 e. The molecule has 0 radical (unpaired) electrons. The summed E-state index contributed by atoms with van der Waals surface area (Å²) in [5.74, 6) is 0. The van der Waals surface area contributed by atoms with Crippen LogP contribution >= 0.6 is 0 Å². The molecule has 0 amide bonds. The first-order valence-corrected chi connectivity index (χ1v) is 21.6. The molecule has 2 aromatic rings. The number of hydrogen-bond donors (Lipinski definition) is 0. The maximum absolute atomic E-state index is 12.6. The zero-order valence-electron chi connectivity index (χ0n) is 35.8. The molecule has 0 atom stereocenters. The van der Waals surface area contributed by atoms with Gasteiger partial charge in [-0.25, -0.2) is 4.70 Å². The Morgan fingerprint density at radius 1 is 0.404 bits per heavy atom. The number of unbranched alkanes of at least 4 members (excludes halogenated alkanes) is 5. The van der Waals surface area contributed by atoms with Crippen LogP contribution in [0.1, 0.15) is 210 Å². The first-order chi connectivity index (χ1) is 24.9. The zero-order valence-corrected chi connectivity index (χ0v) is 36.8. The Morgan fingerprint density at radius 2 is 0.692 bits per heavy atom. The molecule has 52 heavy (non-hydrogen) atoms. The van der Waals surface area contributed by atoms with E-state index in [2.05, 4.69) is 93.5 Å². The number of aryl methyl sites for hydroxylation is 4. The third-order valence-corrected chi connectivity index (χ3v) is 10.3. The molecule has 0 bridgehead atoms. The molecule has 0 N–H and O–H groups in total. The van der Waals surface area contributed by atoms with Crippen LogP contribution in [0.5, 0.6) is 0 Å². The van der Waals surface area contributed by atoms with E-state index in [9.17, 15) is 5.53 Å². The van der Waals surface area contributed by atoms with Gasteiger partial charge < -0.3 is 19.4 Å². The number of benzene rings is 2. The summed E-state index contributed by atoms with van der Waals surface area (Å²) in [6, 6.07) is 9.92. The summed E-state index contributed by atoms with van der Waals surface area (Å²) >= 11 is 0. The summed E-state index contributed by atoms with van der Waals surface area (Å²) in [4.78, 5) is 0. The van der Waals surface area contributed by atoms with Crippen molar-refractivity contribution < 1.29 is 21.2 Å². The van der Waals surface area contributed by atoms with Crippen molar-refractivity contribution >= 4 is 11.4 Å². The Bertz CT molecular complexity index is 1310. The monoisotopic (exact) mass is 755 g/mol. The average molecular weight is 756 g/mol. The van der Waals surface area contributed by atoms with Crippen molar-refractivity contribution in [3.8, 4) is 0 Å². The molecule has 0 unspecified atom stereocenters. The standard InChI is InChI=1S/C45H70N2.2C2H5.Ni/c1-9-17-25-36-32-39(33-37(26-18-10-2)41(36)27-19-11-3)45-43(29-21-13-5)42(28-20-12-4)44(47(45)46)38-30-34(22-14-6)40(24-16-8)35(31-38)23-15-7;2*1-2;/h30-33H,9-29H2,1-8H3;2*1H2,2H3;/q;2*-1;+2. The molecule has 1 aliphatic rings. The summed E-state index contributed by atoms with van der Waals surface area (Å²) in [5.41, 5.74) is 29.2. The van der Waals surface area contributed by atoms with Gasteiger partial charge in [-0.3, -0.25) is 0 Å². The van der Waals surface area contributed by atoms with Gasteiger partial charge in [0.25, 0.3) is 0 Å². The summed E-state index contributed by atoms with van der Waals surface area (Å²) < 4.78 is 1.67. The van der Waals surface area contributed by atoms with Crippen LogP contribution in [0.25, 0.3) is 16.9 Å². The van der Waals surface area contributed by atoms with Gasteiger partial charge in [0.2, 0.25) is 11.4 Å². The van der Waals surface area contributed by atoms with E-state index in [4.69, 9.17) is 0 Å². The van der Waals surface area contributed by atoms with E-state index in [0.717, 1.165) is 94.9 Å². The van der Waals surface area contributed by atoms with E-state index in [1.165, 1.54) is 95.9 Å². The van der Waals surface area contributed by atoms with Gasteiger partial charge in [-0.15, -0.1) is 0 Å². The van der Waals surface area contributed by atoms with Crippen LogP contribution in [0.15, 0.2) is 35.4 Å². The van der Waals surface area contributed by atoms with Crippen molar-refractivity contribution in [2.24, 2.45) is 0 Å². The molecule has 0 fully saturated rings. The minimum atomic E-state index is 0. The summed E-state index contributed by atoms with van der Waals surface area (Å²) in [6.07, 6.45) is 24.2. The number of hydrogen-bond acceptors (Lipinski definition) is 0. The second-order valence-electron chi connectivity index (χ2n) is 14.3. The minimum Gasteiger partial charge on any atom is -0.493 e. The number of nitrogens with zero attached hydrogens (tertiary/aromatic N) is 2. The van der Waals surface area contributed by atoms with E-state index >= 15 is 0 Å². The Kier molecular flexibility index (Phi) is 28.3. The predicted molar refractivity (Wildman–Crippen MR) is 229 cm³/mol. The molecule has 3 rings (SSSR count). The van der Waals surface area contributed by atoms with Gasteiger partial charge in [0, 0.05) is 22.3 Å². The van der Waals surface area contributed by atoms with Crippen molar-refractivity contribution in [2.75, 3.05) is 0 Å². The van der Waals surface area contributed by atoms with Crippen LogP contribution < -0.4 is 0 Å². The van der Waals surface area contributed by atoms with E-state index in [0.29, 0.717) is 0 Å². The van der Waals surface area contributed by atoms with E-state index < -0.39 is 0 Å². The first-order valence-electron chi connectivity index (χ1n) is 21.6. The Morgan fingerprint density at radius 3 is 1.02 bits per heavy atom. The van der Waals surface area contributed by atoms with Crippen LogP contribution in [0, 0.1) is 13.8 Å². The normalized spacial score (nSPS) is 12.4. The molecule has 3 heteroatoms. The van der Waals surface area contributed by atoms with E-state index in [-0.39, 0.29) is 16.5 Å². The molecule has 0 aliphatic carbocycles. The molecule has 1 aliphatic heterocycles. The fourth-order valence-electron chi connectivity index (χ4n) is 7.77. The molecule has 296 valence electrons. The van der Waals surface area contributed by atoms with E-state index in [1.54, 1.807) is 29.7 Å². The van der Waals surface area contributed by atoms with Gasteiger partial charge in [-0.2, -0.15) is 13.8 Å². The Hall–Kier alpha value is -1.99. The SMILES string of the molecule is CCCCC1=C(c2cc(CCC)c(CCC)c(CCC)c2)[N+](=[N-])C(c2cc(CCCC)c(CCCC)c(CCCC)c2)=C1CCCC.[CH2-]C.[CH2-]C.[Ni+2]. The largest absolute Gasteiger partial charge is 2.00 e. The molecular weight excluding hydrogens is 675 g/mol. The van der Waals surface area contributed by atoms with Gasteiger partial charge >= 0.3 is 16.5 Å². The molecule has 0 saturated heterocycles. The average Bonchev–Trinajstić information content (AvgIpc) is 3.43. The molecular formula is C49H80N2Ni. The summed E-state index contributed by atoms with van der Waals surface area (Å²) in [7, 11) is 0. The van der Waals surface area contributed by atoms with Crippen molar-refractivity contribution in [1.82, 2.24) is 0 Å².